The van der Waals surface area contributed by atoms with E-state index >= 15 is 0 Å². The van der Waals surface area contributed by atoms with Crippen molar-refractivity contribution in [3.05, 3.63) is 51.5 Å². The van der Waals surface area contributed by atoms with Crippen molar-refractivity contribution in [2.75, 3.05) is 12.8 Å². The summed E-state index contributed by atoms with van der Waals surface area (Å²) in [6, 6.07) is 5.59. The van der Waals surface area contributed by atoms with Gasteiger partial charge in [0.25, 0.3) is 0 Å². The number of benzene rings is 1. The second-order valence-electron chi connectivity index (χ2n) is 4.56. The molecule has 21 heavy (non-hydrogen) atoms. The Bertz CT molecular complexity index is 777. The smallest absolute Gasteiger partial charge is 0.357 e. The van der Waals surface area contributed by atoms with Gasteiger partial charge in [0.2, 0.25) is 5.78 Å². The van der Waals surface area contributed by atoms with Crippen LogP contribution >= 0.6 is 11.3 Å². The number of allylic oxidation sites excluding steroid dienone is 2. The first-order valence-corrected chi connectivity index (χ1v) is 7.16. The number of nitrogens with zero attached hydrogens (tertiary/aromatic N) is 1. The molecule has 0 unspecified atom stereocenters. The van der Waals surface area contributed by atoms with E-state index in [1.165, 1.54) is 12.5 Å². The first kappa shape index (κ1) is 13.5. The maximum Gasteiger partial charge on any atom is 0.357 e. The molecule has 1 aliphatic rings. The van der Waals surface area contributed by atoms with Crippen LogP contribution in [0.3, 0.4) is 0 Å². The van der Waals surface area contributed by atoms with E-state index in [9.17, 15) is 9.59 Å². The number of hydrogen-bond acceptors (Lipinski definition) is 6. The number of anilines is 1. The predicted octanol–water partition coefficient (Wildman–Crippen LogP) is 2.33. The minimum atomic E-state index is -0.550. The normalized spacial score (nSPS) is 12.7. The molecular weight excluding hydrogens is 288 g/mol. The van der Waals surface area contributed by atoms with Gasteiger partial charge in [-0.2, -0.15) is 0 Å². The molecule has 1 heterocycles. The number of esters is 1. The van der Waals surface area contributed by atoms with Crippen LogP contribution in [0.4, 0.5) is 5.69 Å². The van der Waals surface area contributed by atoms with Crippen LogP contribution < -0.4 is 5.73 Å². The molecule has 0 spiro atoms. The fraction of sp³-hybridized carbons (Fsp3) is 0.133. The van der Waals surface area contributed by atoms with Crippen molar-refractivity contribution in [3.8, 4) is 0 Å². The van der Waals surface area contributed by atoms with Crippen LogP contribution in [0, 0.1) is 0 Å². The Kier molecular flexibility index (Phi) is 3.31. The third kappa shape index (κ3) is 2.23. The second-order valence-corrected chi connectivity index (χ2v) is 5.42. The molecule has 5 nitrogen and oxygen atoms in total. The average Bonchev–Trinajstić information content (AvgIpc) is 3.13. The third-order valence-electron chi connectivity index (χ3n) is 3.32. The molecule has 1 aromatic carbocycles. The Morgan fingerprint density at radius 1 is 1.38 bits per heavy atom. The topological polar surface area (TPSA) is 82.3 Å². The summed E-state index contributed by atoms with van der Waals surface area (Å²) in [7, 11) is 1.28. The number of carbonyl (C=O) groups is 2. The molecule has 106 valence electrons. The molecule has 3 rings (SSSR count). The lowest BCUT2D eigenvalue weighted by atomic mass is 10.0. The molecule has 2 aromatic rings. The molecule has 0 amide bonds. The number of ketones is 1. The van der Waals surface area contributed by atoms with Crippen molar-refractivity contribution in [1.29, 1.82) is 0 Å². The number of nitrogen functional groups attached to an aromatic ring is 1. The summed E-state index contributed by atoms with van der Waals surface area (Å²) in [5, 5.41) is 1.78. The summed E-state index contributed by atoms with van der Waals surface area (Å²) >= 11 is 1.13. The van der Waals surface area contributed by atoms with Crippen molar-refractivity contribution < 1.29 is 14.3 Å². The van der Waals surface area contributed by atoms with E-state index in [4.69, 9.17) is 5.73 Å². The van der Waals surface area contributed by atoms with E-state index in [2.05, 4.69) is 9.72 Å². The van der Waals surface area contributed by atoms with Crippen molar-refractivity contribution >= 4 is 34.3 Å². The van der Waals surface area contributed by atoms with Crippen LogP contribution in [0.5, 0.6) is 0 Å². The predicted molar refractivity (Wildman–Crippen MR) is 80.3 cm³/mol. The van der Waals surface area contributed by atoms with Crippen LogP contribution in [0.1, 0.15) is 31.4 Å². The van der Waals surface area contributed by atoms with Gasteiger partial charge in [-0.25, -0.2) is 9.78 Å². The number of carbonyl (C=O) groups excluding carboxylic acids is 2. The highest BCUT2D eigenvalue weighted by Gasteiger charge is 2.26. The van der Waals surface area contributed by atoms with Crippen molar-refractivity contribution in [3.63, 3.8) is 0 Å². The Hall–Kier alpha value is -2.47. The number of hydrogen-bond donors (Lipinski definition) is 1. The zero-order valence-electron chi connectivity index (χ0n) is 11.3. The minimum absolute atomic E-state index is 0.144. The standard InChI is InChI=1S/C15H12N2O3S/c1-20-15(19)11-7-21-14(17-11)13(18)9-6-5-8-3-2-4-10(16)12(8)9/h2-4,6-7H,5,16H2,1H3. The first-order valence-electron chi connectivity index (χ1n) is 6.28. The number of ether oxygens (including phenoxy) is 1. The summed E-state index contributed by atoms with van der Waals surface area (Å²) < 4.78 is 4.59. The van der Waals surface area contributed by atoms with E-state index in [1.807, 2.05) is 18.2 Å². The molecule has 1 aliphatic carbocycles. The molecule has 0 bridgehead atoms. The van der Waals surface area contributed by atoms with Gasteiger partial charge in [-0.05, 0) is 18.1 Å². The van der Waals surface area contributed by atoms with Crippen LogP contribution in [0.15, 0.2) is 29.7 Å². The van der Waals surface area contributed by atoms with E-state index in [0.29, 0.717) is 17.7 Å². The number of rotatable bonds is 3. The summed E-state index contributed by atoms with van der Waals surface area (Å²) in [5.74, 6) is -0.766. The molecule has 0 fully saturated rings. The van der Waals surface area contributed by atoms with Gasteiger partial charge < -0.3 is 10.5 Å². The third-order valence-corrected chi connectivity index (χ3v) is 4.16. The summed E-state index contributed by atoms with van der Waals surface area (Å²) in [6.45, 7) is 0. The van der Waals surface area contributed by atoms with Gasteiger partial charge >= 0.3 is 5.97 Å². The van der Waals surface area contributed by atoms with Crippen molar-refractivity contribution in [2.45, 2.75) is 6.42 Å². The molecule has 0 aliphatic heterocycles. The zero-order valence-corrected chi connectivity index (χ0v) is 12.1. The lowest BCUT2D eigenvalue weighted by molar-refractivity contribution is 0.0595. The fourth-order valence-corrected chi connectivity index (χ4v) is 3.07. The Labute approximate surface area is 125 Å². The van der Waals surface area contributed by atoms with Gasteiger partial charge in [-0.1, -0.05) is 18.2 Å². The molecule has 0 atom stereocenters. The number of thiazole rings is 1. The highest BCUT2D eigenvalue weighted by Crippen LogP contribution is 2.34. The van der Waals surface area contributed by atoms with E-state index < -0.39 is 5.97 Å². The molecule has 2 N–H and O–H groups in total. The number of aromatic nitrogens is 1. The monoisotopic (exact) mass is 300 g/mol. The Morgan fingerprint density at radius 2 is 2.19 bits per heavy atom. The van der Waals surface area contributed by atoms with Crippen LogP contribution in [-0.4, -0.2) is 23.8 Å². The minimum Gasteiger partial charge on any atom is -0.464 e. The van der Waals surface area contributed by atoms with Gasteiger partial charge in [0.15, 0.2) is 10.7 Å². The van der Waals surface area contributed by atoms with Crippen molar-refractivity contribution in [2.24, 2.45) is 0 Å². The molecule has 0 radical (unpaired) electrons. The molecule has 1 aromatic heterocycles. The highest BCUT2D eigenvalue weighted by atomic mass is 32.1. The van der Waals surface area contributed by atoms with Gasteiger partial charge in [-0.15, -0.1) is 11.3 Å². The quantitative estimate of drug-likeness (QED) is 0.534. The Morgan fingerprint density at radius 3 is 2.95 bits per heavy atom. The second kappa shape index (κ2) is 5.14. The number of nitrogens with two attached hydrogens (primary N) is 1. The summed E-state index contributed by atoms with van der Waals surface area (Å²) in [4.78, 5) is 28.0. The van der Waals surface area contributed by atoms with Crippen LogP contribution in [0.25, 0.3) is 5.57 Å². The fourth-order valence-electron chi connectivity index (χ4n) is 2.33. The zero-order chi connectivity index (χ0) is 15.0. The lowest BCUT2D eigenvalue weighted by Crippen LogP contribution is -2.06. The Balaban J connectivity index is 1.95. The lowest BCUT2D eigenvalue weighted by Gasteiger charge is -2.06. The van der Waals surface area contributed by atoms with Crippen LogP contribution in [0.2, 0.25) is 0 Å². The van der Waals surface area contributed by atoms with E-state index in [0.717, 1.165) is 22.5 Å². The highest BCUT2D eigenvalue weighted by molar-refractivity contribution is 7.12. The van der Waals surface area contributed by atoms with Crippen molar-refractivity contribution in [1.82, 2.24) is 4.98 Å². The first-order chi connectivity index (χ1) is 10.1. The molecule has 0 saturated carbocycles. The van der Waals surface area contributed by atoms with Crippen LogP contribution in [-0.2, 0) is 11.2 Å². The van der Waals surface area contributed by atoms with E-state index in [-0.39, 0.29) is 16.5 Å². The summed E-state index contributed by atoms with van der Waals surface area (Å²) in [6.07, 6.45) is 2.53. The molecule has 0 saturated heterocycles. The van der Waals surface area contributed by atoms with Gasteiger partial charge in [-0.3, -0.25) is 4.79 Å². The summed E-state index contributed by atoms with van der Waals surface area (Å²) in [5.41, 5.74) is 9.05. The van der Waals surface area contributed by atoms with E-state index in [1.54, 1.807) is 6.07 Å². The average molecular weight is 300 g/mol. The number of methoxy groups -OCH3 is 1. The van der Waals surface area contributed by atoms with Gasteiger partial charge in [0, 0.05) is 22.2 Å². The molecule has 6 heteroatoms. The SMILES string of the molecule is COC(=O)c1csc(C(=O)C2=CCc3cccc(N)c32)n1. The van der Waals surface area contributed by atoms with Gasteiger partial charge in [0.1, 0.15) is 0 Å². The molecular formula is C15H12N2O3S. The maximum atomic E-state index is 12.6. The largest absolute Gasteiger partial charge is 0.464 e. The maximum absolute atomic E-state index is 12.6. The number of fused-ring (bicyclic) bond motifs is 1. The number of Topliss-reactive ketones (excluding diaryl/α,β-unsaturated/α-hetero) is 1. The van der Waals surface area contributed by atoms with Gasteiger partial charge in [0.05, 0.1) is 7.11 Å².